The molecule has 0 aliphatic carbocycles. The molecule has 0 aromatic carbocycles. The topological polar surface area (TPSA) is 94.1 Å². The Bertz CT molecular complexity index is 989. The maximum absolute atomic E-state index is 12.6. The van der Waals surface area contributed by atoms with Crippen LogP contribution in [0.1, 0.15) is 168 Å². The first kappa shape index (κ1) is 51.5. The Morgan fingerprint density at radius 3 is 1.64 bits per heavy atom. The van der Waals surface area contributed by atoms with Crippen LogP contribution in [0.15, 0.2) is 48.6 Å². The summed E-state index contributed by atoms with van der Waals surface area (Å²) in [5, 5.41) is 0. The summed E-state index contributed by atoms with van der Waals surface area (Å²) in [4.78, 5) is 24.9. The summed E-state index contributed by atoms with van der Waals surface area (Å²) in [6, 6.07) is 0. The average molecular weight is 768 g/mol. The standard InChI is InChI=1S/C44H82NO7P/c1-6-8-10-12-14-15-16-17-18-19-20-21-22-23-24-25-26-27-28-29-30-31-32-33-35-37-44(46)52-43(41-49-39-36-34-13-11-9-7-2)42-51-53(47,48)50-40-38-45(3,4)5/h8,10,14-15,17-18,20-21,43H,6-7,9,11-13,16,19,22-42H2,1-5H3/b10-8-,15-14-,18-17-,21-20-. The molecule has 0 N–H and O–H groups in total. The second-order valence-corrected chi connectivity index (χ2v) is 16.7. The smallest absolute Gasteiger partial charge is 0.306 e. The van der Waals surface area contributed by atoms with Gasteiger partial charge in [-0.1, -0.05) is 159 Å². The van der Waals surface area contributed by atoms with Crippen LogP contribution in [0, 0.1) is 0 Å². The summed E-state index contributed by atoms with van der Waals surface area (Å²) in [5.74, 6) is -0.341. The van der Waals surface area contributed by atoms with Crippen molar-refractivity contribution in [1.29, 1.82) is 0 Å². The number of hydrogen-bond donors (Lipinski definition) is 0. The molecule has 2 unspecified atom stereocenters. The Hall–Kier alpha value is -1.54. The number of rotatable bonds is 39. The zero-order valence-electron chi connectivity index (χ0n) is 35.0. The Kier molecular flexibility index (Phi) is 36.3. The van der Waals surface area contributed by atoms with Crippen LogP contribution < -0.4 is 4.89 Å². The molecule has 0 radical (unpaired) electrons. The van der Waals surface area contributed by atoms with Crippen molar-refractivity contribution >= 4 is 13.8 Å². The monoisotopic (exact) mass is 768 g/mol. The molecule has 0 bridgehead atoms. The van der Waals surface area contributed by atoms with E-state index in [4.69, 9.17) is 18.5 Å². The summed E-state index contributed by atoms with van der Waals surface area (Å²) in [7, 11) is 1.35. The third-order valence-corrected chi connectivity index (χ3v) is 9.86. The number of esters is 1. The first-order chi connectivity index (χ1) is 25.6. The van der Waals surface area contributed by atoms with Crippen LogP contribution in [0.5, 0.6) is 0 Å². The van der Waals surface area contributed by atoms with E-state index in [9.17, 15) is 14.3 Å². The van der Waals surface area contributed by atoms with Crippen LogP contribution in [0.4, 0.5) is 0 Å². The Labute approximate surface area is 327 Å². The number of phosphoric acid groups is 1. The number of allylic oxidation sites excluding steroid dienone is 8. The zero-order valence-corrected chi connectivity index (χ0v) is 35.8. The summed E-state index contributed by atoms with van der Waals surface area (Å²) in [6.45, 7) is 5.24. The molecular weight excluding hydrogens is 685 g/mol. The van der Waals surface area contributed by atoms with Gasteiger partial charge in [-0.3, -0.25) is 9.36 Å². The van der Waals surface area contributed by atoms with Crippen LogP contribution in [0.25, 0.3) is 0 Å². The fourth-order valence-electron chi connectivity index (χ4n) is 5.60. The Morgan fingerprint density at radius 2 is 1.09 bits per heavy atom. The Morgan fingerprint density at radius 1 is 0.604 bits per heavy atom. The van der Waals surface area contributed by atoms with Crippen molar-refractivity contribution < 1.29 is 37.3 Å². The number of unbranched alkanes of at least 4 members (excludes halogenated alkanes) is 17. The van der Waals surface area contributed by atoms with Crippen LogP contribution in [0.2, 0.25) is 0 Å². The van der Waals surface area contributed by atoms with Crippen molar-refractivity contribution in [1.82, 2.24) is 0 Å². The number of carbonyl (C=O) groups is 1. The van der Waals surface area contributed by atoms with Crippen molar-refractivity contribution in [2.24, 2.45) is 0 Å². The highest BCUT2D eigenvalue weighted by Gasteiger charge is 2.20. The Balaban J connectivity index is 3.99. The molecule has 0 saturated carbocycles. The average Bonchev–Trinajstić information content (AvgIpc) is 3.11. The van der Waals surface area contributed by atoms with Crippen molar-refractivity contribution in [3.05, 3.63) is 48.6 Å². The molecule has 0 spiro atoms. The lowest BCUT2D eigenvalue weighted by Gasteiger charge is -2.28. The van der Waals surface area contributed by atoms with Crippen LogP contribution in [-0.2, 0) is 27.9 Å². The highest BCUT2D eigenvalue weighted by molar-refractivity contribution is 7.45. The molecule has 9 heteroatoms. The molecule has 53 heavy (non-hydrogen) atoms. The SMILES string of the molecule is CC/C=C\C/C=C\C/C=C\C/C=C\CCCCCCCCCCCCCCC(=O)OC(COCCCCCCCC)COP(=O)([O-])OCC[N+](C)(C)C. The van der Waals surface area contributed by atoms with Gasteiger partial charge in [-0.2, -0.15) is 0 Å². The van der Waals surface area contributed by atoms with Gasteiger partial charge in [0, 0.05) is 13.0 Å². The van der Waals surface area contributed by atoms with Crippen molar-refractivity contribution in [3.8, 4) is 0 Å². The number of phosphoric ester groups is 1. The van der Waals surface area contributed by atoms with Crippen molar-refractivity contribution in [3.63, 3.8) is 0 Å². The highest BCUT2D eigenvalue weighted by Crippen LogP contribution is 2.38. The minimum absolute atomic E-state index is 0.0253. The molecule has 310 valence electrons. The van der Waals surface area contributed by atoms with E-state index in [1.54, 1.807) is 0 Å². The second kappa shape index (κ2) is 37.4. The largest absolute Gasteiger partial charge is 0.756 e. The lowest BCUT2D eigenvalue weighted by Crippen LogP contribution is -2.37. The zero-order chi connectivity index (χ0) is 39.1. The molecule has 0 aromatic heterocycles. The van der Waals surface area contributed by atoms with Crippen LogP contribution >= 0.6 is 7.82 Å². The van der Waals surface area contributed by atoms with Gasteiger partial charge in [-0.05, 0) is 51.4 Å². The van der Waals surface area contributed by atoms with Gasteiger partial charge < -0.3 is 27.9 Å². The fourth-order valence-corrected chi connectivity index (χ4v) is 6.32. The molecule has 0 saturated heterocycles. The van der Waals surface area contributed by atoms with E-state index in [1.807, 2.05) is 21.1 Å². The van der Waals surface area contributed by atoms with Gasteiger partial charge in [0.2, 0.25) is 0 Å². The van der Waals surface area contributed by atoms with Gasteiger partial charge in [-0.15, -0.1) is 0 Å². The summed E-state index contributed by atoms with van der Waals surface area (Å²) in [5.41, 5.74) is 0. The number of hydrogen-bond acceptors (Lipinski definition) is 7. The minimum atomic E-state index is -4.51. The van der Waals surface area contributed by atoms with Gasteiger partial charge in [0.25, 0.3) is 7.82 Å². The third-order valence-electron chi connectivity index (χ3n) is 8.89. The molecule has 0 heterocycles. The van der Waals surface area contributed by atoms with Gasteiger partial charge in [0.05, 0.1) is 34.4 Å². The highest BCUT2D eigenvalue weighted by atomic mass is 31.2. The third kappa shape index (κ3) is 41.5. The van der Waals surface area contributed by atoms with E-state index in [-0.39, 0.29) is 25.8 Å². The molecular formula is C44H82NO7P. The molecule has 0 amide bonds. The van der Waals surface area contributed by atoms with Gasteiger partial charge in [0.15, 0.2) is 0 Å². The molecule has 0 aliphatic heterocycles. The predicted molar refractivity (Wildman–Crippen MR) is 222 cm³/mol. The lowest BCUT2D eigenvalue weighted by atomic mass is 10.0. The van der Waals surface area contributed by atoms with E-state index >= 15 is 0 Å². The van der Waals surface area contributed by atoms with E-state index in [0.29, 0.717) is 24.1 Å². The van der Waals surface area contributed by atoms with Crippen LogP contribution in [-0.4, -0.2) is 70.7 Å². The lowest BCUT2D eigenvalue weighted by molar-refractivity contribution is -0.870. The minimum Gasteiger partial charge on any atom is -0.756 e. The normalized spacial score (nSPS) is 14.3. The molecule has 8 nitrogen and oxygen atoms in total. The maximum atomic E-state index is 12.6. The van der Waals surface area contributed by atoms with Crippen LogP contribution in [0.3, 0.4) is 0 Å². The van der Waals surface area contributed by atoms with E-state index < -0.39 is 13.9 Å². The first-order valence-corrected chi connectivity index (χ1v) is 22.8. The van der Waals surface area contributed by atoms with Crippen molar-refractivity contribution in [2.75, 3.05) is 54.1 Å². The molecule has 0 rings (SSSR count). The summed E-state index contributed by atoms with van der Waals surface area (Å²) < 4.78 is 34.3. The van der Waals surface area contributed by atoms with E-state index in [0.717, 1.165) is 57.8 Å². The van der Waals surface area contributed by atoms with Crippen molar-refractivity contribution in [2.45, 2.75) is 174 Å². The molecule has 2 atom stereocenters. The number of ether oxygens (including phenoxy) is 2. The summed E-state index contributed by atoms with van der Waals surface area (Å²) in [6.07, 6.45) is 44.3. The van der Waals surface area contributed by atoms with Gasteiger partial charge >= 0.3 is 5.97 Å². The van der Waals surface area contributed by atoms with E-state index in [2.05, 4.69) is 62.5 Å². The first-order valence-electron chi connectivity index (χ1n) is 21.4. The molecule has 0 aliphatic rings. The predicted octanol–water partition coefficient (Wildman–Crippen LogP) is 11.7. The number of nitrogens with zero attached hydrogens (tertiary/aromatic N) is 1. The fraction of sp³-hybridized carbons (Fsp3) is 0.795. The maximum Gasteiger partial charge on any atom is 0.306 e. The number of likely N-dealkylation sites (N-methyl/N-ethyl adjacent to an activating group) is 1. The number of quaternary nitrogens is 1. The quantitative estimate of drug-likeness (QED) is 0.0202. The summed E-state index contributed by atoms with van der Waals surface area (Å²) >= 11 is 0. The number of carbonyl (C=O) groups excluding carboxylic acids is 1. The van der Waals surface area contributed by atoms with Gasteiger partial charge in [-0.25, -0.2) is 0 Å². The van der Waals surface area contributed by atoms with E-state index in [1.165, 1.54) is 89.9 Å². The molecule has 0 aromatic rings. The van der Waals surface area contributed by atoms with Gasteiger partial charge in [0.1, 0.15) is 19.3 Å². The second-order valence-electron chi connectivity index (χ2n) is 15.3. The molecule has 0 fully saturated rings.